The highest BCUT2D eigenvalue weighted by molar-refractivity contribution is 6.30. The van der Waals surface area contributed by atoms with Gasteiger partial charge in [0, 0.05) is 43.7 Å². The minimum Gasteiger partial charge on any atom is -0.339 e. The molecule has 1 aliphatic heterocycles. The van der Waals surface area contributed by atoms with Gasteiger partial charge in [-0.3, -0.25) is 14.4 Å². The number of hydrogen-bond acceptors (Lipinski definition) is 3. The number of nitrogens with zero attached hydrogens (tertiary/aromatic N) is 4. The van der Waals surface area contributed by atoms with Crippen LogP contribution in [-0.4, -0.2) is 51.7 Å². The molecule has 4 rings (SSSR count). The summed E-state index contributed by atoms with van der Waals surface area (Å²) in [5.41, 5.74) is 1.67. The maximum Gasteiger partial charge on any atom is 0.280 e. The average Bonchev–Trinajstić information content (AvgIpc) is 3.43. The molecule has 1 aromatic heterocycles. The summed E-state index contributed by atoms with van der Waals surface area (Å²) in [6.07, 6.45) is -0.646. The normalized spacial score (nSPS) is 18.1. The Balaban J connectivity index is 1.33. The standard InChI is InChI=1S/C20H23ClF2N4O/c21-16-3-1-2-14(10-16)12-25-6-8-26(9-7-25)19(28)13-27-18(20(22)23)11-17(24-27)15-4-5-15/h1-3,10-11,15,20H,4-9,12-13H2. The van der Waals surface area contributed by atoms with Crippen molar-refractivity contribution in [3.05, 3.63) is 52.3 Å². The van der Waals surface area contributed by atoms with Crippen LogP contribution in [0.5, 0.6) is 0 Å². The van der Waals surface area contributed by atoms with Gasteiger partial charge in [-0.05, 0) is 36.6 Å². The molecule has 2 aromatic rings. The van der Waals surface area contributed by atoms with Gasteiger partial charge < -0.3 is 4.90 Å². The lowest BCUT2D eigenvalue weighted by molar-refractivity contribution is -0.134. The van der Waals surface area contributed by atoms with Gasteiger partial charge in [-0.25, -0.2) is 8.78 Å². The van der Waals surface area contributed by atoms with Crippen molar-refractivity contribution in [1.29, 1.82) is 0 Å². The summed E-state index contributed by atoms with van der Waals surface area (Å²) in [7, 11) is 0. The lowest BCUT2D eigenvalue weighted by Gasteiger charge is -2.34. The zero-order chi connectivity index (χ0) is 19.7. The molecule has 0 atom stereocenters. The Morgan fingerprint density at radius 2 is 1.93 bits per heavy atom. The topological polar surface area (TPSA) is 41.4 Å². The van der Waals surface area contributed by atoms with E-state index in [-0.39, 0.29) is 24.1 Å². The van der Waals surface area contributed by atoms with E-state index in [4.69, 9.17) is 11.6 Å². The van der Waals surface area contributed by atoms with Gasteiger partial charge >= 0.3 is 0 Å². The number of hydrogen-bond donors (Lipinski definition) is 0. The summed E-state index contributed by atoms with van der Waals surface area (Å²) in [6, 6.07) is 9.21. The number of halogens is 3. The third-order valence-electron chi connectivity index (χ3n) is 5.35. The molecule has 1 amide bonds. The molecule has 2 heterocycles. The zero-order valence-corrected chi connectivity index (χ0v) is 16.3. The number of rotatable bonds is 6. The number of carbonyl (C=O) groups is 1. The van der Waals surface area contributed by atoms with Gasteiger partial charge in [0.1, 0.15) is 12.2 Å². The Bertz CT molecular complexity index is 844. The maximum absolute atomic E-state index is 13.3. The smallest absolute Gasteiger partial charge is 0.280 e. The quantitative estimate of drug-likeness (QED) is 0.732. The summed E-state index contributed by atoms with van der Waals surface area (Å²) < 4.78 is 27.8. The van der Waals surface area contributed by atoms with E-state index in [9.17, 15) is 13.6 Å². The summed E-state index contributed by atoms with van der Waals surface area (Å²) in [4.78, 5) is 16.6. The van der Waals surface area contributed by atoms with Gasteiger partial charge in [0.05, 0.1) is 5.69 Å². The van der Waals surface area contributed by atoms with Gasteiger partial charge in [0.15, 0.2) is 0 Å². The number of aromatic nitrogens is 2. The highest BCUT2D eigenvalue weighted by Crippen LogP contribution is 2.40. The predicted octanol–water partition coefficient (Wildman–Crippen LogP) is 3.70. The molecule has 0 spiro atoms. The molecule has 8 heteroatoms. The number of piperazine rings is 1. The van der Waals surface area contributed by atoms with Crippen LogP contribution in [0.15, 0.2) is 30.3 Å². The van der Waals surface area contributed by atoms with E-state index in [2.05, 4.69) is 10.00 Å². The molecular weight excluding hydrogens is 386 g/mol. The van der Waals surface area contributed by atoms with Crippen molar-refractivity contribution in [1.82, 2.24) is 19.6 Å². The number of carbonyl (C=O) groups excluding carboxylic acids is 1. The zero-order valence-electron chi connectivity index (χ0n) is 15.5. The van der Waals surface area contributed by atoms with E-state index in [0.717, 1.165) is 38.0 Å². The molecular formula is C20H23ClF2N4O. The second-order valence-corrected chi connectivity index (χ2v) is 7.95. The predicted molar refractivity (Wildman–Crippen MR) is 102 cm³/mol. The number of alkyl halides is 2. The SMILES string of the molecule is O=C(Cn1nc(C2CC2)cc1C(F)F)N1CCN(Cc2cccc(Cl)c2)CC1. The van der Waals surface area contributed by atoms with E-state index in [1.54, 1.807) is 4.90 Å². The van der Waals surface area contributed by atoms with E-state index in [1.807, 2.05) is 24.3 Å². The molecule has 1 aliphatic carbocycles. The lowest BCUT2D eigenvalue weighted by atomic mass is 10.2. The van der Waals surface area contributed by atoms with Gasteiger partial charge in [0.25, 0.3) is 6.43 Å². The van der Waals surface area contributed by atoms with Gasteiger partial charge in [-0.15, -0.1) is 0 Å². The van der Waals surface area contributed by atoms with Crippen LogP contribution < -0.4 is 0 Å². The minimum atomic E-state index is -2.62. The second kappa shape index (κ2) is 8.17. The molecule has 0 unspecified atom stereocenters. The summed E-state index contributed by atoms with van der Waals surface area (Å²) in [5.74, 6) is 0.124. The van der Waals surface area contributed by atoms with E-state index < -0.39 is 6.43 Å². The van der Waals surface area contributed by atoms with Crippen molar-refractivity contribution in [2.45, 2.75) is 38.3 Å². The molecule has 0 bridgehead atoms. The Labute approximate surface area is 167 Å². The fourth-order valence-corrected chi connectivity index (χ4v) is 3.82. The molecule has 28 heavy (non-hydrogen) atoms. The van der Waals surface area contributed by atoms with Crippen LogP contribution in [0, 0.1) is 0 Å². The van der Waals surface area contributed by atoms with Crippen LogP contribution in [0.3, 0.4) is 0 Å². The number of benzene rings is 1. The first-order chi connectivity index (χ1) is 13.5. The lowest BCUT2D eigenvalue weighted by Crippen LogP contribution is -2.49. The summed E-state index contributed by atoms with van der Waals surface area (Å²) in [6.45, 7) is 3.31. The Kier molecular flexibility index (Phi) is 5.64. The second-order valence-electron chi connectivity index (χ2n) is 7.51. The molecule has 150 valence electrons. The van der Waals surface area contributed by atoms with Crippen LogP contribution >= 0.6 is 11.6 Å². The molecule has 0 N–H and O–H groups in total. The monoisotopic (exact) mass is 408 g/mol. The Morgan fingerprint density at radius 1 is 1.18 bits per heavy atom. The molecule has 1 saturated carbocycles. The fourth-order valence-electron chi connectivity index (χ4n) is 3.61. The van der Waals surface area contributed by atoms with Crippen molar-refractivity contribution in [2.75, 3.05) is 26.2 Å². The van der Waals surface area contributed by atoms with Crippen molar-refractivity contribution in [3.63, 3.8) is 0 Å². The van der Waals surface area contributed by atoms with E-state index in [1.165, 1.54) is 10.7 Å². The maximum atomic E-state index is 13.3. The van der Waals surface area contributed by atoms with Crippen LogP contribution in [0.4, 0.5) is 8.78 Å². The van der Waals surface area contributed by atoms with Gasteiger partial charge in [0.2, 0.25) is 5.91 Å². The van der Waals surface area contributed by atoms with E-state index >= 15 is 0 Å². The summed E-state index contributed by atoms with van der Waals surface area (Å²) in [5, 5.41) is 4.99. The van der Waals surface area contributed by atoms with Crippen LogP contribution in [0.1, 0.15) is 42.1 Å². The molecule has 1 aromatic carbocycles. The van der Waals surface area contributed by atoms with Crippen molar-refractivity contribution < 1.29 is 13.6 Å². The van der Waals surface area contributed by atoms with Gasteiger partial charge in [-0.2, -0.15) is 5.10 Å². The Hall–Kier alpha value is -1.99. The molecule has 1 saturated heterocycles. The largest absolute Gasteiger partial charge is 0.339 e. The molecule has 2 fully saturated rings. The summed E-state index contributed by atoms with van der Waals surface area (Å²) >= 11 is 6.03. The molecule has 0 radical (unpaired) electrons. The molecule has 5 nitrogen and oxygen atoms in total. The van der Waals surface area contributed by atoms with E-state index in [0.29, 0.717) is 23.8 Å². The van der Waals surface area contributed by atoms with Gasteiger partial charge in [-0.1, -0.05) is 23.7 Å². The fraction of sp³-hybridized carbons (Fsp3) is 0.500. The first kappa shape index (κ1) is 19.3. The third kappa shape index (κ3) is 4.52. The van der Waals surface area contributed by atoms with Crippen LogP contribution in [0.25, 0.3) is 0 Å². The third-order valence-corrected chi connectivity index (χ3v) is 5.59. The Morgan fingerprint density at radius 3 is 2.57 bits per heavy atom. The highest BCUT2D eigenvalue weighted by atomic mass is 35.5. The first-order valence-electron chi connectivity index (χ1n) is 9.60. The van der Waals surface area contributed by atoms with Crippen LogP contribution in [-0.2, 0) is 17.9 Å². The average molecular weight is 409 g/mol. The van der Waals surface area contributed by atoms with Crippen molar-refractivity contribution in [2.24, 2.45) is 0 Å². The number of amides is 1. The van der Waals surface area contributed by atoms with Crippen molar-refractivity contribution >= 4 is 17.5 Å². The van der Waals surface area contributed by atoms with Crippen LogP contribution in [0.2, 0.25) is 5.02 Å². The van der Waals surface area contributed by atoms with Crippen molar-refractivity contribution in [3.8, 4) is 0 Å². The first-order valence-corrected chi connectivity index (χ1v) is 9.98. The molecule has 2 aliphatic rings. The minimum absolute atomic E-state index is 0.124. The highest BCUT2D eigenvalue weighted by Gasteiger charge is 2.30.